The van der Waals surface area contributed by atoms with Crippen molar-refractivity contribution in [3.63, 3.8) is 0 Å². The second-order valence-electron chi connectivity index (χ2n) is 16.9. The Morgan fingerprint density at radius 1 is 0.698 bits per heavy atom. The van der Waals surface area contributed by atoms with E-state index in [1.54, 1.807) is 6.07 Å². The number of halogens is 1. The first-order valence-electron chi connectivity index (χ1n) is 20.2. The van der Waals surface area contributed by atoms with Gasteiger partial charge in [0.15, 0.2) is 0 Å². The summed E-state index contributed by atoms with van der Waals surface area (Å²) >= 11 is 0. The zero-order valence-corrected chi connectivity index (χ0v) is 38.0. The van der Waals surface area contributed by atoms with Gasteiger partial charge >= 0.3 is 32.1 Å². The van der Waals surface area contributed by atoms with Crippen LogP contribution in [0, 0.1) is 27.7 Å². The first kappa shape index (κ1) is 54.1. The highest BCUT2D eigenvalue weighted by molar-refractivity contribution is 6.62. The Hall–Kier alpha value is -5.02. The van der Waals surface area contributed by atoms with Crippen molar-refractivity contribution in [2.24, 2.45) is 5.73 Å². The van der Waals surface area contributed by atoms with Crippen LogP contribution in [0.2, 0.25) is 0 Å². The highest BCUT2D eigenvalue weighted by atomic mass is 35.5. The number of aryl methyl sites for hydroxylation is 4. The van der Waals surface area contributed by atoms with Crippen LogP contribution in [-0.2, 0) is 39.3 Å². The molecule has 0 aromatic heterocycles. The molecule has 0 saturated heterocycles. The molecule has 0 spiro atoms. The first-order chi connectivity index (χ1) is 28.5. The van der Waals surface area contributed by atoms with Crippen LogP contribution in [0.1, 0.15) is 119 Å². The Labute approximate surface area is 378 Å². The van der Waals surface area contributed by atoms with Crippen molar-refractivity contribution in [2.75, 3.05) is 13.1 Å². The van der Waals surface area contributed by atoms with Crippen LogP contribution in [0.4, 0.5) is 0 Å². The molecule has 2 aliphatic rings. The van der Waals surface area contributed by atoms with Crippen molar-refractivity contribution in [3.8, 4) is 11.5 Å². The Morgan fingerprint density at radius 2 is 1.10 bits per heavy atom. The van der Waals surface area contributed by atoms with Gasteiger partial charge in [0.05, 0.1) is 18.6 Å². The van der Waals surface area contributed by atoms with Gasteiger partial charge in [0.2, 0.25) is 5.91 Å². The molecule has 0 bridgehead atoms. The number of hydrogen-bond acceptors (Lipinski definition) is 11. The molecule has 4 aromatic carbocycles. The fourth-order valence-corrected chi connectivity index (χ4v) is 8.29. The molecule has 0 fully saturated rings. The molecule has 0 radical (unpaired) electrons. The SMILES string of the molecule is C.CC(=O)Oc1cc(C)cc(C)c1C(C)(C)CC(=O)NCC1OB(O)c2ccccc21.CC(=O)Oc1cc(C)cc(C)c1C(C)(C)CC(=O)O.Cl.NCC1OB(O)c2ccccc21. The van der Waals surface area contributed by atoms with Gasteiger partial charge in [-0.1, -0.05) is 95.8 Å². The monoisotopic (exact) mass is 888 g/mol. The van der Waals surface area contributed by atoms with E-state index in [0.29, 0.717) is 18.0 Å². The van der Waals surface area contributed by atoms with Crippen molar-refractivity contribution in [2.45, 2.75) is 113 Å². The number of rotatable bonds is 11. The molecule has 0 saturated carbocycles. The number of hydrogen-bond donors (Lipinski definition) is 5. The maximum absolute atomic E-state index is 12.8. The predicted molar refractivity (Wildman–Crippen MR) is 249 cm³/mol. The lowest BCUT2D eigenvalue weighted by Gasteiger charge is -2.29. The minimum Gasteiger partial charge on any atom is -0.481 e. The molecular formula is C47H63B2ClN2O11. The third kappa shape index (κ3) is 14.2. The number of nitrogens with two attached hydrogens (primary N) is 1. The van der Waals surface area contributed by atoms with Crippen LogP contribution in [0.5, 0.6) is 11.5 Å². The molecule has 340 valence electrons. The van der Waals surface area contributed by atoms with Gasteiger partial charge < -0.3 is 45.0 Å². The zero-order valence-electron chi connectivity index (χ0n) is 37.2. The van der Waals surface area contributed by atoms with Gasteiger partial charge in [-0.15, -0.1) is 12.4 Å². The van der Waals surface area contributed by atoms with E-state index in [-0.39, 0.29) is 57.3 Å². The Bertz CT molecular complexity index is 2250. The fraction of sp³-hybridized carbons (Fsp3) is 0.404. The van der Waals surface area contributed by atoms with E-state index in [9.17, 15) is 29.2 Å². The Kier molecular flexibility index (Phi) is 19.8. The van der Waals surface area contributed by atoms with Crippen LogP contribution >= 0.6 is 12.4 Å². The average molecular weight is 889 g/mol. The number of nitrogens with one attached hydrogen (secondary N) is 1. The van der Waals surface area contributed by atoms with Crippen molar-refractivity contribution in [3.05, 3.63) is 117 Å². The first-order valence-corrected chi connectivity index (χ1v) is 20.2. The quantitative estimate of drug-likeness (QED) is 0.0678. The summed E-state index contributed by atoms with van der Waals surface area (Å²) in [6.45, 7) is 18.7. The van der Waals surface area contributed by atoms with Gasteiger partial charge in [-0.2, -0.15) is 0 Å². The summed E-state index contributed by atoms with van der Waals surface area (Å²) in [6, 6.07) is 22.6. The van der Waals surface area contributed by atoms with E-state index < -0.39 is 43.0 Å². The largest absolute Gasteiger partial charge is 0.492 e. The zero-order chi connectivity index (χ0) is 45.4. The molecule has 4 aromatic rings. The number of esters is 2. The summed E-state index contributed by atoms with van der Waals surface area (Å²) < 4.78 is 21.5. The number of carbonyl (C=O) groups is 4. The van der Waals surface area contributed by atoms with Crippen molar-refractivity contribution < 1.29 is 53.1 Å². The van der Waals surface area contributed by atoms with Crippen molar-refractivity contribution in [1.82, 2.24) is 5.32 Å². The molecular weight excluding hydrogens is 826 g/mol. The van der Waals surface area contributed by atoms with E-state index in [2.05, 4.69) is 5.32 Å². The molecule has 13 nitrogen and oxygen atoms in total. The smallest absolute Gasteiger partial charge is 0.481 e. The van der Waals surface area contributed by atoms with E-state index in [1.807, 2.05) is 122 Å². The Balaban J connectivity index is 0.000000353. The molecule has 16 heteroatoms. The third-order valence-corrected chi connectivity index (χ3v) is 10.4. The molecule has 1 amide bonds. The summed E-state index contributed by atoms with van der Waals surface area (Å²) in [7, 11) is -1.77. The number of carboxylic acids is 1. The van der Waals surface area contributed by atoms with Crippen LogP contribution in [0.3, 0.4) is 0 Å². The van der Waals surface area contributed by atoms with Crippen molar-refractivity contribution >= 4 is 61.4 Å². The van der Waals surface area contributed by atoms with E-state index in [1.165, 1.54) is 13.8 Å². The lowest BCUT2D eigenvalue weighted by atomic mass is 9.78. The van der Waals surface area contributed by atoms with Gasteiger partial charge in [-0.05, 0) is 84.1 Å². The van der Waals surface area contributed by atoms with E-state index in [4.69, 9.17) is 29.6 Å². The van der Waals surface area contributed by atoms with Crippen LogP contribution in [0.15, 0.2) is 72.8 Å². The number of ether oxygens (including phenoxy) is 2. The van der Waals surface area contributed by atoms with Gasteiger partial charge in [0.25, 0.3) is 0 Å². The van der Waals surface area contributed by atoms with Crippen LogP contribution < -0.4 is 31.4 Å². The molecule has 2 unspecified atom stereocenters. The summed E-state index contributed by atoms with van der Waals surface area (Å²) in [5.74, 6) is -0.866. The van der Waals surface area contributed by atoms with Gasteiger partial charge in [-0.25, -0.2) is 0 Å². The summed E-state index contributed by atoms with van der Waals surface area (Å²) in [4.78, 5) is 46.5. The molecule has 6 rings (SSSR count). The summed E-state index contributed by atoms with van der Waals surface area (Å²) in [5.41, 5.74) is 13.3. The number of carbonyl (C=O) groups excluding carboxylic acids is 3. The fourth-order valence-electron chi connectivity index (χ4n) is 8.29. The molecule has 63 heavy (non-hydrogen) atoms. The predicted octanol–water partition coefficient (Wildman–Crippen LogP) is 5.91. The Morgan fingerprint density at radius 3 is 1.51 bits per heavy atom. The number of benzene rings is 4. The highest BCUT2D eigenvalue weighted by Crippen LogP contribution is 2.39. The number of carboxylic acid groups (broad SMARTS) is 1. The van der Waals surface area contributed by atoms with Crippen molar-refractivity contribution in [1.29, 1.82) is 0 Å². The third-order valence-electron chi connectivity index (χ3n) is 10.4. The summed E-state index contributed by atoms with van der Waals surface area (Å²) in [5, 5.41) is 31.4. The van der Waals surface area contributed by atoms with Crippen LogP contribution in [-0.4, -0.2) is 66.3 Å². The molecule has 0 aliphatic carbocycles. The average Bonchev–Trinajstić information content (AvgIpc) is 3.64. The number of amides is 1. The van der Waals surface area contributed by atoms with Gasteiger partial charge in [-0.3, -0.25) is 19.2 Å². The van der Waals surface area contributed by atoms with Gasteiger partial charge in [0, 0.05) is 55.3 Å². The molecule has 2 heterocycles. The lowest BCUT2D eigenvalue weighted by Crippen LogP contribution is -2.34. The number of fused-ring (bicyclic) bond motifs is 2. The standard InChI is InChI=1S/C23H28BNO5.C15H20O4.C8H10BNO2.CH4.ClH/c1-14-10-15(2)22(19(11-14)29-16(3)26)23(4,5)12-21(27)25-13-20-17-8-6-7-9-18(17)24(28)30-20;1-9-6-10(2)14(12(7-9)19-11(3)16)15(4,5)8-13(17)18;10-5-8-6-3-1-2-4-7(6)9(11)12-8;;/h6-11,20,28H,12-13H2,1-5H3,(H,25,27);6-7H,8H2,1-5H3,(H,17,18);1-4,8,11H,5,10H2;1H4;1H. The van der Waals surface area contributed by atoms with E-state index >= 15 is 0 Å². The number of aliphatic carboxylic acids is 1. The second-order valence-corrected chi connectivity index (χ2v) is 16.9. The topological polar surface area (TPSA) is 204 Å². The highest BCUT2D eigenvalue weighted by Gasteiger charge is 2.36. The minimum atomic E-state index is -0.971. The maximum atomic E-state index is 12.8. The van der Waals surface area contributed by atoms with Crippen LogP contribution in [0.25, 0.3) is 0 Å². The lowest BCUT2D eigenvalue weighted by molar-refractivity contribution is -0.138. The minimum absolute atomic E-state index is 0. The normalized spacial score (nSPS) is 14.9. The second kappa shape index (κ2) is 23.1. The molecule has 6 N–H and O–H groups in total. The molecule has 2 aliphatic heterocycles. The van der Waals surface area contributed by atoms with E-state index in [0.717, 1.165) is 55.4 Å². The van der Waals surface area contributed by atoms with Gasteiger partial charge in [0.1, 0.15) is 11.5 Å². The molecule has 2 atom stereocenters. The summed E-state index contributed by atoms with van der Waals surface area (Å²) in [6.07, 6.45) is -0.343. The maximum Gasteiger partial charge on any atom is 0.492 e.